The third-order valence-corrected chi connectivity index (χ3v) is 1.65. The molecule has 0 saturated heterocycles. The molecule has 60 valence electrons. The van der Waals surface area contributed by atoms with Gasteiger partial charge in [0.1, 0.15) is 5.82 Å². The standard InChI is InChI=1S/C9H11FO/c1-2-9(11)7-5-3-4-6-8(7)10/h3-6,9,11H,2H2,1H3/t9-/m0/s1. The molecule has 0 aromatic heterocycles. The van der Waals surface area contributed by atoms with Gasteiger partial charge < -0.3 is 5.11 Å². The highest BCUT2D eigenvalue weighted by atomic mass is 19.1. The molecule has 0 radical (unpaired) electrons. The van der Waals surface area contributed by atoms with Crippen molar-refractivity contribution in [1.29, 1.82) is 0 Å². The summed E-state index contributed by atoms with van der Waals surface area (Å²) in [5.41, 5.74) is 0.384. The number of hydrogen-bond acceptors (Lipinski definition) is 1. The predicted octanol–water partition coefficient (Wildman–Crippen LogP) is 2.27. The van der Waals surface area contributed by atoms with Gasteiger partial charge in [0.15, 0.2) is 0 Å². The average Bonchev–Trinajstić information content (AvgIpc) is 2.04. The van der Waals surface area contributed by atoms with E-state index in [-0.39, 0.29) is 5.82 Å². The molecular formula is C9H11FO. The van der Waals surface area contributed by atoms with Crippen LogP contribution in [0.4, 0.5) is 4.39 Å². The van der Waals surface area contributed by atoms with Crippen LogP contribution >= 0.6 is 0 Å². The second kappa shape index (κ2) is 3.49. The fourth-order valence-electron chi connectivity index (χ4n) is 0.965. The van der Waals surface area contributed by atoms with Crippen LogP contribution in [0.25, 0.3) is 0 Å². The van der Waals surface area contributed by atoms with E-state index in [9.17, 15) is 9.50 Å². The molecule has 11 heavy (non-hydrogen) atoms. The predicted molar refractivity (Wildman–Crippen MR) is 41.7 cm³/mol. The molecule has 0 bridgehead atoms. The Kier molecular flexibility index (Phi) is 2.60. The second-order valence-corrected chi connectivity index (χ2v) is 2.45. The molecule has 0 aliphatic heterocycles. The molecule has 1 N–H and O–H groups in total. The summed E-state index contributed by atoms with van der Waals surface area (Å²) in [7, 11) is 0. The van der Waals surface area contributed by atoms with Gasteiger partial charge in [0.05, 0.1) is 6.10 Å². The van der Waals surface area contributed by atoms with Crippen LogP contribution in [0.2, 0.25) is 0 Å². The van der Waals surface area contributed by atoms with Gasteiger partial charge in [-0.15, -0.1) is 0 Å². The maximum atomic E-state index is 12.9. The van der Waals surface area contributed by atoms with Gasteiger partial charge in [-0.2, -0.15) is 0 Å². The molecule has 1 aromatic rings. The number of halogens is 1. The van der Waals surface area contributed by atoms with Crippen LogP contribution in [0, 0.1) is 5.82 Å². The molecule has 0 unspecified atom stereocenters. The maximum Gasteiger partial charge on any atom is 0.128 e. The van der Waals surface area contributed by atoms with Crippen molar-refractivity contribution in [2.24, 2.45) is 0 Å². The van der Waals surface area contributed by atoms with E-state index in [0.29, 0.717) is 12.0 Å². The van der Waals surface area contributed by atoms with E-state index in [4.69, 9.17) is 0 Å². The van der Waals surface area contributed by atoms with Gasteiger partial charge in [-0.05, 0) is 12.5 Å². The Morgan fingerprint density at radius 2 is 2.09 bits per heavy atom. The van der Waals surface area contributed by atoms with Gasteiger partial charge in [0.2, 0.25) is 0 Å². The number of benzene rings is 1. The van der Waals surface area contributed by atoms with Crippen molar-refractivity contribution < 1.29 is 9.50 Å². The summed E-state index contributed by atoms with van der Waals surface area (Å²) in [6.45, 7) is 1.82. The smallest absolute Gasteiger partial charge is 0.128 e. The lowest BCUT2D eigenvalue weighted by Crippen LogP contribution is -1.97. The Hall–Kier alpha value is -0.890. The molecule has 2 heteroatoms. The van der Waals surface area contributed by atoms with Crippen molar-refractivity contribution in [2.45, 2.75) is 19.4 Å². The molecule has 0 fully saturated rings. The van der Waals surface area contributed by atoms with Crippen molar-refractivity contribution in [2.75, 3.05) is 0 Å². The first-order valence-corrected chi connectivity index (χ1v) is 3.68. The first-order chi connectivity index (χ1) is 5.25. The van der Waals surface area contributed by atoms with Crippen molar-refractivity contribution in [1.82, 2.24) is 0 Å². The zero-order chi connectivity index (χ0) is 8.27. The topological polar surface area (TPSA) is 20.2 Å². The summed E-state index contributed by atoms with van der Waals surface area (Å²) in [6, 6.07) is 6.29. The van der Waals surface area contributed by atoms with Gasteiger partial charge in [-0.25, -0.2) is 4.39 Å². The first kappa shape index (κ1) is 8.21. The lowest BCUT2D eigenvalue weighted by molar-refractivity contribution is 0.169. The lowest BCUT2D eigenvalue weighted by atomic mass is 10.1. The zero-order valence-corrected chi connectivity index (χ0v) is 6.42. The second-order valence-electron chi connectivity index (χ2n) is 2.45. The minimum absolute atomic E-state index is 0.332. The van der Waals surface area contributed by atoms with Crippen LogP contribution in [0.5, 0.6) is 0 Å². The van der Waals surface area contributed by atoms with Crippen molar-refractivity contribution in [3.05, 3.63) is 35.6 Å². The van der Waals surface area contributed by atoms with E-state index in [1.807, 2.05) is 6.92 Å². The minimum atomic E-state index is -0.670. The fraction of sp³-hybridized carbons (Fsp3) is 0.333. The maximum absolute atomic E-state index is 12.9. The Morgan fingerprint density at radius 3 is 2.64 bits per heavy atom. The van der Waals surface area contributed by atoms with E-state index in [1.54, 1.807) is 18.2 Å². The van der Waals surface area contributed by atoms with Crippen LogP contribution in [0.3, 0.4) is 0 Å². The summed E-state index contributed by atoms with van der Waals surface area (Å²) in [5, 5.41) is 9.27. The number of rotatable bonds is 2. The number of aliphatic hydroxyl groups is 1. The Bertz CT molecular complexity index is 235. The van der Waals surface area contributed by atoms with Gasteiger partial charge in [-0.3, -0.25) is 0 Å². The van der Waals surface area contributed by atoms with E-state index in [2.05, 4.69) is 0 Å². The molecule has 1 aromatic carbocycles. The molecule has 0 aliphatic carbocycles. The SMILES string of the molecule is CC[C@H](O)c1ccccc1F. The molecule has 0 amide bonds. The summed E-state index contributed by atoms with van der Waals surface area (Å²) in [4.78, 5) is 0. The van der Waals surface area contributed by atoms with E-state index in [0.717, 1.165) is 0 Å². The van der Waals surface area contributed by atoms with E-state index >= 15 is 0 Å². The minimum Gasteiger partial charge on any atom is -0.388 e. The summed E-state index contributed by atoms with van der Waals surface area (Å²) < 4.78 is 12.9. The van der Waals surface area contributed by atoms with Crippen molar-refractivity contribution >= 4 is 0 Å². The van der Waals surface area contributed by atoms with Crippen LogP contribution in [-0.2, 0) is 0 Å². The molecule has 0 aliphatic rings. The first-order valence-electron chi connectivity index (χ1n) is 3.68. The monoisotopic (exact) mass is 154 g/mol. The molecular weight excluding hydrogens is 143 g/mol. The summed E-state index contributed by atoms with van der Waals surface area (Å²) >= 11 is 0. The molecule has 0 saturated carbocycles. The third-order valence-electron chi connectivity index (χ3n) is 1.65. The van der Waals surface area contributed by atoms with Gasteiger partial charge in [0, 0.05) is 5.56 Å². The molecule has 1 atom stereocenters. The largest absolute Gasteiger partial charge is 0.388 e. The van der Waals surface area contributed by atoms with Crippen LogP contribution in [-0.4, -0.2) is 5.11 Å². The molecule has 0 spiro atoms. The van der Waals surface area contributed by atoms with Crippen LogP contribution in [0.1, 0.15) is 25.0 Å². The summed E-state index contributed by atoms with van der Waals surface area (Å²) in [5.74, 6) is -0.332. The average molecular weight is 154 g/mol. The van der Waals surface area contributed by atoms with E-state index in [1.165, 1.54) is 6.07 Å². The normalized spacial score (nSPS) is 13.0. The quantitative estimate of drug-likeness (QED) is 0.692. The highest BCUT2D eigenvalue weighted by Crippen LogP contribution is 2.18. The molecule has 0 heterocycles. The Balaban J connectivity index is 2.93. The molecule has 1 nitrogen and oxygen atoms in total. The van der Waals surface area contributed by atoms with Crippen LogP contribution < -0.4 is 0 Å². The summed E-state index contributed by atoms with van der Waals surface area (Å²) in [6.07, 6.45) is -0.128. The highest BCUT2D eigenvalue weighted by molar-refractivity contribution is 5.19. The fourth-order valence-corrected chi connectivity index (χ4v) is 0.965. The van der Waals surface area contributed by atoms with Gasteiger partial charge >= 0.3 is 0 Å². The number of hydrogen-bond donors (Lipinski definition) is 1. The van der Waals surface area contributed by atoms with Crippen molar-refractivity contribution in [3.8, 4) is 0 Å². The Labute approximate surface area is 65.5 Å². The highest BCUT2D eigenvalue weighted by Gasteiger charge is 2.08. The van der Waals surface area contributed by atoms with Crippen molar-refractivity contribution in [3.63, 3.8) is 0 Å². The van der Waals surface area contributed by atoms with Gasteiger partial charge in [0.25, 0.3) is 0 Å². The Morgan fingerprint density at radius 1 is 1.45 bits per heavy atom. The van der Waals surface area contributed by atoms with E-state index < -0.39 is 6.10 Å². The third kappa shape index (κ3) is 1.77. The van der Waals surface area contributed by atoms with Gasteiger partial charge in [-0.1, -0.05) is 25.1 Å². The zero-order valence-electron chi connectivity index (χ0n) is 6.42. The molecule has 1 rings (SSSR count). The van der Waals surface area contributed by atoms with Crippen LogP contribution in [0.15, 0.2) is 24.3 Å². The lowest BCUT2D eigenvalue weighted by Gasteiger charge is -2.07. The number of aliphatic hydroxyl groups excluding tert-OH is 1.